The van der Waals surface area contributed by atoms with E-state index in [4.69, 9.17) is 4.74 Å². The van der Waals surface area contributed by atoms with E-state index in [0.29, 0.717) is 22.6 Å². The fraction of sp³-hybridized carbons (Fsp3) is 0.304. The normalized spacial score (nSPS) is 16.8. The number of amides is 4. The van der Waals surface area contributed by atoms with Crippen molar-refractivity contribution in [2.45, 2.75) is 24.9 Å². The molecule has 9 nitrogen and oxygen atoms in total. The number of anilines is 1. The molecule has 4 amide bonds. The Bertz CT molecular complexity index is 1070. The summed E-state index contributed by atoms with van der Waals surface area (Å²) in [6.07, 6.45) is 1.75. The molecule has 1 atom stereocenters. The third-order valence-corrected chi connectivity index (χ3v) is 5.38. The van der Waals surface area contributed by atoms with Crippen molar-refractivity contribution < 1.29 is 23.9 Å². The van der Waals surface area contributed by atoms with Crippen LogP contribution in [0.4, 0.5) is 5.69 Å². The monoisotopic (exact) mass is 436 g/mol. The highest BCUT2D eigenvalue weighted by molar-refractivity contribution is 6.05. The van der Waals surface area contributed by atoms with Crippen molar-refractivity contribution in [3.63, 3.8) is 0 Å². The Hall–Kier alpha value is -3.88. The molecule has 2 aromatic carbocycles. The number of ether oxygens (including phenoxy) is 1. The summed E-state index contributed by atoms with van der Waals surface area (Å²) in [6.45, 7) is -0.378. The van der Waals surface area contributed by atoms with Gasteiger partial charge in [-0.3, -0.25) is 19.2 Å². The van der Waals surface area contributed by atoms with E-state index in [1.807, 2.05) is 0 Å². The lowest BCUT2D eigenvalue weighted by molar-refractivity contribution is -0.127. The van der Waals surface area contributed by atoms with Crippen molar-refractivity contribution in [3.05, 3.63) is 59.7 Å². The molecule has 1 aliphatic heterocycles. The van der Waals surface area contributed by atoms with Crippen LogP contribution in [-0.2, 0) is 14.4 Å². The van der Waals surface area contributed by atoms with Gasteiger partial charge in [0.15, 0.2) is 6.61 Å². The summed E-state index contributed by atoms with van der Waals surface area (Å²) in [6, 6.07) is 13.0. The van der Waals surface area contributed by atoms with Crippen LogP contribution in [0.2, 0.25) is 0 Å². The minimum absolute atomic E-state index is 0.0667. The number of fused-ring (bicyclic) bond motifs is 1. The van der Waals surface area contributed by atoms with E-state index in [-0.39, 0.29) is 36.9 Å². The number of nitrogens with zero attached hydrogens (tertiary/aromatic N) is 1. The number of carbonyl (C=O) groups is 4. The highest BCUT2D eigenvalue weighted by Crippen LogP contribution is 2.41. The lowest BCUT2D eigenvalue weighted by atomic mass is 10.0. The quantitative estimate of drug-likeness (QED) is 0.575. The molecule has 1 fully saturated rings. The Morgan fingerprint density at radius 3 is 2.59 bits per heavy atom. The van der Waals surface area contributed by atoms with Crippen LogP contribution in [-0.4, -0.2) is 54.8 Å². The minimum atomic E-state index is -0.722. The SMILES string of the molecule is CNC(=O)COc1cccc(NC(=O)CNC(=O)C2c3ccccc3C(=O)N2C2CC2)c1. The number of rotatable bonds is 8. The lowest BCUT2D eigenvalue weighted by Crippen LogP contribution is -2.42. The molecule has 0 radical (unpaired) electrons. The number of carbonyl (C=O) groups excluding carboxylic acids is 4. The molecule has 1 saturated carbocycles. The van der Waals surface area contributed by atoms with Gasteiger partial charge < -0.3 is 25.6 Å². The summed E-state index contributed by atoms with van der Waals surface area (Å²) >= 11 is 0. The molecule has 0 aromatic heterocycles. The number of hydrogen-bond donors (Lipinski definition) is 3. The van der Waals surface area contributed by atoms with Crippen LogP contribution in [0, 0.1) is 0 Å². The average Bonchev–Trinajstić information content (AvgIpc) is 3.60. The summed E-state index contributed by atoms with van der Waals surface area (Å²) < 4.78 is 5.36. The molecular formula is C23H24N4O5. The third-order valence-electron chi connectivity index (χ3n) is 5.38. The number of benzene rings is 2. The second-order valence-electron chi connectivity index (χ2n) is 7.69. The summed E-state index contributed by atoms with van der Waals surface area (Å²) in [4.78, 5) is 51.0. The summed E-state index contributed by atoms with van der Waals surface area (Å²) in [5, 5.41) is 7.80. The minimum Gasteiger partial charge on any atom is -0.484 e. The molecule has 2 aliphatic rings. The first-order chi connectivity index (χ1) is 15.5. The van der Waals surface area contributed by atoms with Crippen molar-refractivity contribution in [1.82, 2.24) is 15.5 Å². The van der Waals surface area contributed by atoms with Gasteiger partial charge >= 0.3 is 0 Å². The van der Waals surface area contributed by atoms with Crippen LogP contribution in [0.25, 0.3) is 0 Å². The van der Waals surface area contributed by atoms with E-state index in [1.54, 1.807) is 53.4 Å². The number of nitrogens with one attached hydrogen (secondary N) is 3. The second-order valence-corrected chi connectivity index (χ2v) is 7.69. The van der Waals surface area contributed by atoms with Crippen molar-refractivity contribution in [1.29, 1.82) is 0 Å². The molecule has 9 heteroatoms. The molecule has 4 rings (SSSR count). The zero-order valence-electron chi connectivity index (χ0n) is 17.6. The van der Waals surface area contributed by atoms with Crippen molar-refractivity contribution in [2.24, 2.45) is 0 Å². The van der Waals surface area contributed by atoms with E-state index in [1.165, 1.54) is 7.05 Å². The van der Waals surface area contributed by atoms with Crippen molar-refractivity contribution in [2.75, 3.05) is 25.5 Å². The zero-order valence-corrected chi connectivity index (χ0v) is 17.6. The Balaban J connectivity index is 1.36. The van der Waals surface area contributed by atoms with Gasteiger partial charge in [-0.05, 0) is 36.6 Å². The Kier molecular flexibility index (Phi) is 6.07. The van der Waals surface area contributed by atoms with E-state index in [0.717, 1.165) is 12.8 Å². The first kappa shape index (κ1) is 21.4. The van der Waals surface area contributed by atoms with Crippen molar-refractivity contribution >= 4 is 29.3 Å². The van der Waals surface area contributed by atoms with Gasteiger partial charge in [0.2, 0.25) is 11.8 Å². The number of likely N-dealkylation sites (N-methyl/N-ethyl adjacent to an activating group) is 1. The summed E-state index contributed by atoms with van der Waals surface area (Å²) in [5.41, 5.74) is 1.68. The maximum Gasteiger partial charge on any atom is 0.257 e. The molecule has 32 heavy (non-hydrogen) atoms. The van der Waals surface area contributed by atoms with Crippen molar-refractivity contribution in [3.8, 4) is 5.75 Å². The highest BCUT2D eigenvalue weighted by Gasteiger charge is 2.47. The first-order valence-electron chi connectivity index (χ1n) is 10.4. The Morgan fingerprint density at radius 2 is 1.84 bits per heavy atom. The van der Waals surface area contributed by atoms with Gasteiger partial charge in [-0.2, -0.15) is 0 Å². The standard InChI is InChI=1S/C23H24N4O5/c1-24-20(29)13-32-16-6-4-5-14(11-16)26-19(28)12-25-22(30)21-17-7-2-3-8-18(17)23(31)27(21)15-9-10-15/h2-8,11,15,21H,9-10,12-13H2,1H3,(H,24,29)(H,25,30)(H,26,28). The molecule has 166 valence electrons. The first-order valence-corrected chi connectivity index (χ1v) is 10.4. The molecule has 2 aromatic rings. The summed E-state index contributed by atoms with van der Waals surface area (Å²) in [7, 11) is 1.51. The van der Waals surface area contributed by atoms with Gasteiger partial charge in [-0.15, -0.1) is 0 Å². The Labute approximate surface area is 185 Å². The third kappa shape index (κ3) is 4.56. The molecule has 0 bridgehead atoms. The average molecular weight is 436 g/mol. The van der Waals surface area contributed by atoms with Gasteiger partial charge in [0.05, 0.1) is 6.54 Å². The largest absolute Gasteiger partial charge is 0.484 e. The maximum absolute atomic E-state index is 12.9. The fourth-order valence-corrected chi connectivity index (χ4v) is 3.69. The summed E-state index contributed by atoms with van der Waals surface area (Å²) in [5.74, 6) is -0.780. The van der Waals surface area contributed by atoms with Gasteiger partial charge in [-0.25, -0.2) is 0 Å². The van der Waals surface area contributed by atoms with Crippen LogP contribution >= 0.6 is 0 Å². The van der Waals surface area contributed by atoms with Gasteiger partial charge in [0, 0.05) is 30.4 Å². The fourth-order valence-electron chi connectivity index (χ4n) is 3.69. The Morgan fingerprint density at radius 1 is 1.06 bits per heavy atom. The molecular weight excluding hydrogens is 412 g/mol. The topological polar surface area (TPSA) is 117 Å². The van der Waals surface area contributed by atoms with Crippen LogP contribution in [0.3, 0.4) is 0 Å². The van der Waals surface area contributed by atoms with E-state index in [9.17, 15) is 19.2 Å². The number of hydrogen-bond acceptors (Lipinski definition) is 5. The van der Waals surface area contributed by atoms with Gasteiger partial charge in [0.1, 0.15) is 11.8 Å². The maximum atomic E-state index is 12.9. The highest BCUT2D eigenvalue weighted by atomic mass is 16.5. The van der Waals surface area contributed by atoms with E-state index >= 15 is 0 Å². The molecule has 1 aliphatic carbocycles. The van der Waals surface area contributed by atoms with Crippen LogP contribution in [0.5, 0.6) is 5.75 Å². The predicted molar refractivity (Wildman–Crippen MR) is 116 cm³/mol. The van der Waals surface area contributed by atoms with E-state index < -0.39 is 11.9 Å². The van der Waals surface area contributed by atoms with Gasteiger partial charge in [0.25, 0.3) is 11.8 Å². The van der Waals surface area contributed by atoms with Crippen LogP contribution in [0.15, 0.2) is 48.5 Å². The molecule has 0 saturated heterocycles. The smallest absolute Gasteiger partial charge is 0.257 e. The zero-order chi connectivity index (χ0) is 22.7. The lowest BCUT2D eigenvalue weighted by Gasteiger charge is -2.24. The van der Waals surface area contributed by atoms with E-state index in [2.05, 4.69) is 16.0 Å². The molecule has 3 N–H and O–H groups in total. The molecule has 1 heterocycles. The molecule has 0 spiro atoms. The molecule has 1 unspecified atom stereocenters. The second kappa shape index (κ2) is 9.09. The van der Waals surface area contributed by atoms with Crippen LogP contribution in [0.1, 0.15) is 34.8 Å². The van der Waals surface area contributed by atoms with Gasteiger partial charge in [-0.1, -0.05) is 24.3 Å². The predicted octanol–water partition coefficient (Wildman–Crippen LogP) is 1.23. The van der Waals surface area contributed by atoms with Crippen LogP contribution < -0.4 is 20.7 Å².